The van der Waals surface area contributed by atoms with Crippen LogP contribution < -0.4 is 5.43 Å². The van der Waals surface area contributed by atoms with Crippen LogP contribution in [0.3, 0.4) is 0 Å². The average molecular weight is 395 g/mol. The summed E-state index contributed by atoms with van der Waals surface area (Å²) in [5.74, 6) is -0.276. The molecule has 0 aliphatic heterocycles. The van der Waals surface area contributed by atoms with Gasteiger partial charge in [-0.1, -0.05) is 41.9 Å². The van der Waals surface area contributed by atoms with Crippen LogP contribution in [0.1, 0.15) is 36.8 Å². The van der Waals surface area contributed by atoms with Crippen LogP contribution in [0.5, 0.6) is 0 Å². The van der Waals surface area contributed by atoms with E-state index in [1.54, 1.807) is 24.3 Å². The van der Waals surface area contributed by atoms with Crippen molar-refractivity contribution in [2.45, 2.75) is 26.2 Å². The van der Waals surface area contributed by atoms with Gasteiger partial charge < -0.3 is 0 Å². The number of nitrogens with one attached hydrogen (secondary N) is 1. The van der Waals surface area contributed by atoms with E-state index in [-0.39, 0.29) is 5.91 Å². The van der Waals surface area contributed by atoms with E-state index in [9.17, 15) is 4.79 Å². The second-order valence-electron chi connectivity index (χ2n) is 7.17. The Hall–Kier alpha value is -2.92. The van der Waals surface area contributed by atoms with Gasteiger partial charge in [0.05, 0.1) is 5.69 Å². The number of hydrazone groups is 1. The molecular formula is C22H23ClN4O. The number of hydrogen-bond acceptors (Lipinski definition) is 3. The monoisotopic (exact) mass is 394 g/mol. The number of aryl methyl sites for hydroxylation is 1. The minimum Gasteiger partial charge on any atom is -0.271 e. The van der Waals surface area contributed by atoms with Crippen molar-refractivity contribution in [3.8, 4) is 11.3 Å². The number of nitrogens with zero attached hydrogens (tertiary/aromatic N) is 3. The highest BCUT2D eigenvalue weighted by Crippen LogP contribution is 2.28. The quantitative estimate of drug-likeness (QED) is 0.498. The van der Waals surface area contributed by atoms with Crippen molar-refractivity contribution in [1.29, 1.82) is 0 Å². The Kier molecular flexibility index (Phi) is 5.66. The van der Waals surface area contributed by atoms with E-state index in [1.807, 2.05) is 49.0 Å². The van der Waals surface area contributed by atoms with E-state index in [0.29, 0.717) is 10.6 Å². The molecule has 1 N–H and O–H groups in total. The van der Waals surface area contributed by atoms with Crippen LogP contribution in [0.2, 0.25) is 5.02 Å². The van der Waals surface area contributed by atoms with Crippen LogP contribution >= 0.6 is 11.6 Å². The fraction of sp³-hybridized carbons (Fsp3) is 0.227. The zero-order valence-corrected chi connectivity index (χ0v) is 17.2. The third-order valence-electron chi connectivity index (χ3n) is 4.93. The SMILES string of the molecule is C/C(=N\NC(=O)c1ccc(Cl)cc1)C(C)(C)c1cc(-c2ccccc2)nn1C. The molecule has 0 saturated heterocycles. The smallest absolute Gasteiger partial charge is 0.271 e. The maximum Gasteiger partial charge on any atom is 0.271 e. The van der Waals surface area contributed by atoms with E-state index < -0.39 is 5.41 Å². The summed E-state index contributed by atoms with van der Waals surface area (Å²) >= 11 is 5.87. The van der Waals surface area contributed by atoms with Crippen molar-refractivity contribution in [2.24, 2.45) is 12.1 Å². The predicted molar refractivity (Wildman–Crippen MR) is 114 cm³/mol. The van der Waals surface area contributed by atoms with Gasteiger partial charge in [-0.05, 0) is 51.1 Å². The fourth-order valence-corrected chi connectivity index (χ4v) is 3.05. The molecule has 1 heterocycles. The Morgan fingerprint density at radius 2 is 1.75 bits per heavy atom. The van der Waals surface area contributed by atoms with Crippen molar-refractivity contribution in [3.63, 3.8) is 0 Å². The van der Waals surface area contributed by atoms with Gasteiger partial charge in [-0.15, -0.1) is 0 Å². The number of carbonyl (C=O) groups is 1. The van der Waals surface area contributed by atoms with Crippen molar-refractivity contribution < 1.29 is 4.79 Å². The van der Waals surface area contributed by atoms with E-state index in [1.165, 1.54) is 0 Å². The summed E-state index contributed by atoms with van der Waals surface area (Å²) in [6.45, 7) is 6.02. The number of carbonyl (C=O) groups excluding carboxylic acids is 1. The predicted octanol–water partition coefficient (Wildman–Crippen LogP) is 4.82. The van der Waals surface area contributed by atoms with Gasteiger partial charge in [0.15, 0.2) is 0 Å². The molecule has 2 aromatic carbocycles. The lowest BCUT2D eigenvalue weighted by Crippen LogP contribution is -2.32. The number of hydrogen-bond donors (Lipinski definition) is 1. The fourth-order valence-electron chi connectivity index (χ4n) is 2.93. The van der Waals surface area contributed by atoms with Gasteiger partial charge in [-0.25, -0.2) is 5.43 Å². The summed E-state index contributed by atoms with van der Waals surface area (Å²) in [5.41, 5.74) is 6.47. The van der Waals surface area contributed by atoms with Gasteiger partial charge in [0, 0.05) is 40.0 Å². The first-order valence-corrected chi connectivity index (χ1v) is 9.37. The maximum absolute atomic E-state index is 12.3. The van der Waals surface area contributed by atoms with Crippen LogP contribution in [0.25, 0.3) is 11.3 Å². The molecule has 3 rings (SSSR count). The van der Waals surface area contributed by atoms with E-state index in [4.69, 9.17) is 11.6 Å². The molecule has 3 aromatic rings. The Morgan fingerprint density at radius 1 is 1.11 bits per heavy atom. The minimum absolute atomic E-state index is 0.276. The van der Waals surface area contributed by atoms with Crippen LogP contribution in [0, 0.1) is 0 Å². The average Bonchev–Trinajstić information content (AvgIpc) is 3.09. The molecule has 0 fully saturated rings. The molecule has 0 spiro atoms. The number of halogens is 1. The van der Waals surface area contributed by atoms with Crippen LogP contribution in [-0.2, 0) is 12.5 Å². The molecule has 0 unspecified atom stereocenters. The molecule has 0 aliphatic rings. The van der Waals surface area contributed by atoms with E-state index in [0.717, 1.165) is 22.7 Å². The first-order valence-electron chi connectivity index (χ1n) is 8.99. The van der Waals surface area contributed by atoms with Gasteiger partial charge in [0.1, 0.15) is 0 Å². The highest BCUT2D eigenvalue weighted by molar-refractivity contribution is 6.30. The van der Waals surface area contributed by atoms with Crippen molar-refractivity contribution in [3.05, 3.63) is 76.9 Å². The third kappa shape index (κ3) is 4.15. The Labute approximate surface area is 170 Å². The standard InChI is InChI=1S/C22H23ClN4O/c1-15(24-25-21(28)17-10-12-18(23)13-11-17)22(2,3)20-14-19(26-27(20)4)16-8-6-5-7-9-16/h5-14H,1-4H3,(H,25,28)/b24-15+. The second kappa shape index (κ2) is 7.98. The summed E-state index contributed by atoms with van der Waals surface area (Å²) < 4.78 is 1.86. The highest BCUT2D eigenvalue weighted by atomic mass is 35.5. The molecule has 0 bridgehead atoms. The Balaban J connectivity index is 1.81. The van der Waals surface area contributed by atoms with Crippen molar-refractivity contribution in [2.75, 3.05) is 0 Å². The zero-order chi connectivity index (χ0) is 20.3. The normalized spacial score (nSPS) is 12.1. The molecule has 0 atom stereocenters. The van der Waals surface area contributed by atoms with Crippen molar-refractivity contribution in [1.82, 2.24) is 15.2 Å². The molecule has 0 saturated carbocycles. The molecule has 28 heavy (non-hydrogen) atoms. The lowest BCUT2D eigenvalue weighted by atomic mass is 9.84. The number of amides is 1. The van der Waals surface area contributed by atoms with Gasteiger partial charge in [-0.2, -0.15) is 10.2 Å². The largest absolute Gasteiger partial charge is 0.271 e. The molecule has 6 heteroatoms. The maximum atomic E-state index is 12.3. The summed E-state index contributed by atoms with van der Waals surface area (Å²) in [7, 11) is 1.92. The van der Waals surface area contributed by atoms with Crippen LogP contribution in [0.15, 0.2) is 65.8 Å². The lowest BCUT2D eigenvalue weighted by molar-refractivity contribution is 0.0954. The number of aromatic nitrogens is 2. The summed E-state index contributed by atoms with van der Waals surface area (Å²) in [4.78, 5) is 12.3. The minimum atomic E-state index is -0.415. The summed E-state index contributed by atoms with van der Waals surface area (Å²) in [5, 5.41) is 9.57. The number of benzene rings is 2. The molecule has 0 aliphatic carbocycles. The first kappa shape index (κ1) is 19.8. The summed E-state index contributed by atoms with van der Waals surface area (Å²) in [6.07, 6.45) is 0. The highest BCUT2D eigenvalue weighted by Gasteiger charge is 2.29. The second-order valence-corrected chi connectivity index (χ2v) is 7.61. The first-order chi connectivity index (χ1) is 13.3. The van der Waals surface area contributed by atoms with Gasteiger partial charge in [-0.3, -0.25) is 9.48 Å². The van der Waals surface area contributed by atoms with Gasteiger partial charge >= 0.3 is 0 Å². The Bertz CT molecular complexity index is 1000. The lowest BCUT2D eigenvalue weighted by Gasteiger charge is -2.24. The molecule has 1 amide bonds. The van der Waals surface area contributed by atoms with Gasteiger partial charge in [0.2, 0.25) is 0 Å². The molecule has 1 aromatic heterocycles. The van der Waals surface area contributed by atoms with Crippen molar-refractivity contribution >= 4 is 23.2 Å². The van der Waals surface area contributed by atoms with Crippen LogP contribution in [-0.4, -0.2) is 21.4 Å². The van der Waals surface area contributed by atoms with E-state index in [2.05, 4.69) is 35.5 Å². The molecular weight excluding hydrogens is 372 g/mol. The molecule has 0 radical (unpaired) electrons. The topological polar surface area (TPSA) is 59.3 Å². The molecule has 5 nitrogen and oxygen atoms in total. The summed E-state index contributed by atoms with van der Waals surface area (Å²) in [6, 6.07) is 18.8. The third-order valence-corrected chi connectivity index (χ3v) is 5.18. The Morgan fingerprint density at radius 3 is 2.39 bits per heavy atom. The van der Waals surface area contributed by atoms with Crippen LogP contribution in [0.4, 0.5) is 0 Å². The van der Waals surface area contributed by atoms with Gasteiger partial charge in [0.25, 0.3) is 5.91 Å². The number of rotatable bonds is 5. The van der Waals surface area contributed by atoms with E-state index >= 15 is 0 Å². The molecule has 144 valence electrons. The zero-order valence-electron chi connectivity index (χ0n) is 16.4.